The number of anilines is 1. The van der Waals surface area contributed by atoms with Gasteiger partial charge in [-0.15, -0.1) is 0 Å². The van der Waals surface area contributed by atoms with Gasteiger partial charge in [0.15, 0.2) is 0 Å². The lowest BCUT2D eigenvalue weighted by molar-refractivity contribution is -0.121. The van der Waals surface area contributed by atoms with Crippen LogP contribution >= 0.6 is 0 Å². The average Bonchev–Trinajstić information content (AvgIpc) is 2.64. The third-order valence-electron chi connectivity index (χ3n) is 3.37. The summed E-state index contributed by atoms with van der Waals surface area (Å²) in [6, 6.07) is 10.6. The second-order valence-corrected chi connectivity index (χ2v) is 4.99. The van der Waals surface area contributed by atoms with Crippen LogP contribution in [0.3, 0.4) is 0 Å². The van der Waals surface area contributed by atoms with Gasteiger partial charge in [0.2, 0.25) is 5.91 Å². The van der Waals surface area contributed by atoms with E-state index in [1.54, 1.807) is 0 Å². The molecule has 0 saturated carbocycles. The van der Waals surface area contributed by atoms with Gasteiger partial charge in [-0.1, -0.05) is 18.2 Å². The molecule has 19 heavy (non-hydrogen) atoms. The summed E-state index contributed by atoms with van der Waals surface area (Å²) in [6.07, 6.45) is 3.84. The lowest BCUT2D eigenvalue weighted by atomic mass is 10.1. The van der Waals surface area contributed by atoms with Gasteiger partial charge >= 0.3 is 0 Å². The molecule has 0 bridgehead atoms. The van der Waals surface area contributed by atoms with Gasteiger partial charge in [0.05, 0.1) is 0 Å². The lowest BCUT2D eigenvalue weighted by Gasteiger charge is -2.15. The van der Waals surface area contributed by atoms with E-state index in [2.05, 4.69) is 28.1 Å². The Morgan fingerprint density at radius 2 is 2.05 bits per heavy atom. The Kier molecular flexibility index (Phi) is 5.69. The summed E-state index contributed by atoms with van der Waals surface area (Å²) in [4.78, 5) is 11.4. The van der Waals surface area contributed by atoms with Gasteiger partial charge in [-0.3, -0.25) is 4.79 Å². The standard InChI is InChI=1S/C15H23N3O/c19-15-12-14(8-4-9-18-15)17-11-5-10-16-13-6-2-1-3-7-13/h1-3,6-7,14,16-17H,4-5,8-12H2,(H,18,19). The molecule has 3 N–H and O–H groups in total. The number of nitrogens with one attached hydrogen (secondary N) is 3. The van der Waals surface area contributed by atoms with Gasteiger partial charge in [-0.05, 0) is 37.9 Å². The molecule has 1 aliphatic rings. The summed E-state index contributed by atoms with van der Waals surface area (Å²) >= 11 is 0. The Labute approximate surface area is 115 Å². The van der Waals surface area contributed by atoms with Crippen LogP contribution in [0.4, 0.5) is 5.69 Å². The predicted octanol–water partition coefficient (Wildman–Crippen LogP) is 1.75. The molecule has 0 radical (unpaired) electrons. The fourth-order valence-corrected chi connectivity index (χ4v) is 2.33. The maximum absolute atomic E-state index is 11.4. The second kappa shape index (κ2) is 7.79. The molecule has 4 heteroatoms. The van der Waals surface area contributed by atoms with Gasteiger partial charge in [-0.2, -0.15) is 0 Å². The maximum Gasteiger partial charge on any atom is 0.221 e. The first kappa shape index (κ1) is 13.9. The van der Waals surface area contributed by atoms with Crippen molar-refractivity contribution in [3.8, 4) is 0 Å². The highest BCUT2D eigenvalue weighted by Gasteiger charge is 2.15. The molecule has 1 saturated heterocycles. The van der Waals surface area contributed by atoms with Crippen molar-refractivity contribution in [2.24, 2.45) is 0 Å². The number of para-hydroxylation sites is 1. The van der Waals surface area contributed by atoms with Gasteiger partial charge in [0.1, 0.15) is 0 Å². The second-order valence-electron chi connectivity index (χ2n) is 4.99. The molecule has 4 nitrogen and oxygen atoms in total. The number of amides is 1. The van der Waals surface area contributed by atoms with Crippen LogP contribution in [0.5, 0.6) is 0 Å². The topological polar surface area (TPSA) is 53.2 Å². The minimum Gasteiger partial charge on any atom is -0.385 e. The zero-order valence-corrected chi connectivity index (χ0v) is 11.3. The lowest BCUT2D eigenvalue weighted by Crippen LogP contribution is -2.33. The highest BCUT2D eigenvalue weighted by molar-refractivity contribution is 5.76. The van der Waals surface area contributed by atoms with Crippen molar-refractivity contribution in [3.05, 3.63) is 30.3 Å². The normalized spacial score (nSPS) is 19.6. The van der Waals surface area contributed by atoms with Crippen LogP contribution in [0.25, 0.3) is 0 Å². The Bertz CT molecular complexity index is 380. The van der Waals surface area contributed by atoms with E-state index in [0.29, 0.717) is 12.5 Å². The molecule has 1 aliphatic heterocycles. The maximum atomic E-state index is 11.4. The molecule has 0 aromatic heterocycles. The van der Waals surface area contributed by atoms with E-state index in [1.807, 2.05) is 18.2 Å². The summed E-state index contributed by atoms with van der Waals surface area (Å²) in [7, 11) is 0. The molecule has 1 atom stereocenters. The van der Waals surface area contributed by atoms with Crippen molar-refractivity contribution in [1.29, 1.82) is 0 Å². The summed E-state index contributed by atoms with van der Waals surface area (Å²) in [5, 5.41) is 9.77. The van der Waals surface area contributed by atoms with Gasteiger partial charge in [-0.25, -0.2) is 0 Å². The van der Waals surface area contributed by atoms with Crippen LogP contribution in [-0.2, 0) is 4.79 Å². The first-order valence-electron chi connectivity index (χ1n) is 7.13. The van der Waals surface area contributed by atoms with E-state index in [9.17, 15) is 4.79 Å². The Balaban J connectivity index is 1.57. The number of carbonyl (C=O) groups is 1. The van der Waals surface area contributed by atoms with Crippen LogP contribution in [0.1, 0.15) is 25.7 Å². The fraction of sp³-hybridized carbons (Fsp3) is 0.533. The molecule has 2 rings (SSSR count). The average molecular weight is 261 g/mol. The minimum atomic E-state index is 0.178. The molecular weight excluding hydrogens is 238 g/mol. The molecule has 0 spiro atoms. The monoisotopic (exact) mass is 261 g/mol. The molecule has 1 amide bonds. The van der Waals surface area contributed by atoms with E-state index in [4.69, 9.17) is 0 Å². The minimum absolute atomic E-state index is 0.178. The highest BCUT2D eigenvalue weighted by Crippen LogP contribution is 2.06. The van der Waals surface area contributed by atoms with Crippen molar-refractivity contribution in [2.45, 2.75) is 31.7 Å². The fourth-order valence-electron chi connectivity index (χ4n) is 2.33. The largest absolute Gasteiger partial charge is 0.385 e. The third-order valence-corrected chi connectivity index (χ3v) is 3.37. The van der Waals surface area contributed by atoms with Crippen molar-refractivity contribution in [2.75, 3.05) is 25.0 Å². The van der Waals surface area contributed by atoms with E-state index >= 15 is 0 Å². The summed E-state index contributed by atoms with van der Waals surface area (Å²) in [5.41, 5.74) is 1.16. The summed E-state index contributed by atoms with van der Waals surface area (Å²) in [6.45, 7) is 2.74. The van der Waals surface area contributed by atoms with Crippen LogP contribution < -0.4 is 16.0 Å². The Morgan fingerprint density at radius 3 is 2.89 bits per heavy atom. The Morgan fingerprint density at radius 1 is 1.21 bits per heavy atom. The van der Waals surface area contributed by atoms with Gasteiger partial charge in [0, 0.05) is 31.2 Å². The number of rotatable bonds is 6. The summed E-state index contributed by atoms with van der Waals surface area (Å²) < 4.78 is 0. The summed E-state index contributed by atoms with van der Waals surface area (Å²) in [5.74, 6) is 0.178. The molecule has 1 fully saturated rings. The van der Waals surface area contributed by atoms with Crippen LogP contribution in [0, 0.1) is 0 Å². The molecule has 1 aromatic carbocycles. The first-order valence-corrected chi connectivity index (χ1v) is 7.13. The van der Waals surface area contributed by atoms with Gasteiger partial charge in [0.25, 0.3) is 0 Å². The molecular formula is C15H23N3O. The van der Waals surface area contributed by atoms with Crippen molar-refractivity contribution in [3.63, 3.8) is 0 Å². The highest BCUT2D eigenvalue weighted by atomic mass is 16.1. The molecule has 1 aromatic rings. The van der Waals surface area contributed by atoms with E-state index in [-0.39, 0.29) is 5.91 Å². The first-order chi connectivity index (χ1) is 9.34. The molecule has 104 valence electrons. The van der Waals surface area contributed by atoms with E-state index in [0.717, 1.165) is 44.6 Å². The smallest absolute Gasteiger partial charge is 0.221 e. The van der Waals surface area contributed by atoms with Crippen LogP contribution in [-0.4, -0.2) is 31.6 Å². The third kappa shape index (κ3) is 5.30. The zero-order valence-electron chi connectivity index (χ0n) is 11.3. The molecule has 1 unspecified atom stereocenters. The van der Waals surface area contributed by atoms with Crippen molar-refractivity contribution >= 4 is 11.6 Å². The SMILES string of the molecule is O=C1CC(NCCCNc2ccccc2)CCCN1. The molecule has 1 heterocycles. The zero-order chi connectivity index (χ0) is 13.3. The van der Waals surface area contributed by atoms with E-state index < -0.39 is 0 Å². The Hall–Kier alpha value is -1.55. The van der Waals surface area contributed by atoms with Gasteiger partial charge < -0.3 is 16.0 Å². The number of carbonyl (C=O) groups excluding carboxylic acids is 1. The number of benzene rings is 1. The number of hydrogen-bond donors (Lipinski definition) is 3. The molecule has 0 aliphatic carbocycles. The number of hydrogen-bond acceptors (Lipinski definition) is 3. The van der Waals surface area contributed by atoms with Crippen LogP contribution in [0.2, 0.25) is 0 Å². The van der Waals surface area contributed by atoms with Crippen LogP contribution in [0.15, 0.2) is 30.3 Å². The predicted molar refractivity (Wildman–Crippen MR) is 78.2 cm³/mol. The quantitative estimate of drug-likeness (QED) is 0.684. The van der Waals surface area contributed by atoms with Crippen molar-refractivity contribution in [1.82, 2.24) is 10.6 Å². The van der Waals surface area contributed by atoms with Crippen molar-refractivity contribution < 1.29 is 4.79 Å². The van der Waals surface area contributed by atoms with E-state index in [1.165, 1.54) is 0 Å².